The van der Waals surface area contributed by atoms with Gasteiger partial charge in [0, 0.05) is 18.6 Å². The molecule has 1 atom stereocenters. The Kier molecular flexibility index (Phi) is 10.9. The van der Waals surface area contributed by atoms with Gasteiger partial charge in [0.05, 0.1) is 0 Å². The standard InChI is InChI=1S/C12H8F18O3S.C5H5N/c13-4(2-1-3-5(14,15)16)6(17,18)7(19,20)8(21,22)9(23,24)10(25,26)11(27,28)12(29,30)34(31,32)33;1-2-4-6-5-3-1/h4H,1-3H2,(H,31,32,33);1-5H. The summed E-state index contributed by atoms with van der Waals surface area (Å²) < 4.78 is 265. The molecule has 1 N–H and O–H groups in total. The van der Waals surface area contributed by atoms with Gasteiger partial charge in [0.15, 0.2) is 28.7 Å². The molecule has 0 amide bonds. The average molecular weight is 653 g/mol. The van der Waals surface area contributed by atoms with E-state index >= 15 is 0 Å². The van der Waals surface area contributed by atoms with E-state index in [1.807, 2.05) is 30.6 Å². The molecule has 0 aliphatic heterocycles. The van der Waals surface area contributed by atoms with Gasteiger partial charge in [0.2, 0.25) is 0 Å². The molecule has 40 heavy (non-hydrogen) atoms. The van der Waals surface area contributed by atoms with Gasteiger partial charge < -0.3 is 4.55 Å². The summed E-state index contributed by atoms with van der Waals surface area (Å²) in [5, 5.41) is -7.92. The van der Waals surface area contributed by atoms with Crippen molar-refractivity contribution in [2.45, 2.75) is 72.4 Å². The third-order valence-corrected chi connectivity index (χ3v) is 5.48. The molecule has 0 saturated heterocycles. The average Bonchev–Trinajstić information content (AvgIpc) is 2.78. The summed E-state index contributed by atoms with van der Waals surface area (Å²) in [4.78, 5) is 2.89. The molecule has 0 bridgehead atoms. The fourth-order valence-corrected chi connectivity index (χ4v) is 2.78. The fraction of sp³-hybridized carbons (Fsp3) is 0.706. The van der Waals surface area contributed by atoms with Crippen LogP contribution in [0.1, 0.15) is 19.3 Å². The van der Waals surface area contributed by atoms with E-state index in [2.05, 4.69) is 4.98 Å². The van der Waals surface area contributed by atoms with Crippen LogP contribution in [0, 0.1) is 0 Å². The van der Waals surface area contributed by atoms with E-state index in [0.717, 1.165) is 0 Å². The molecule has 1 rings (SSSR count). The molecule has 1 unspecified atom stereocenters. The van der Waals surface area contributed by atoms with Crippen LogP contribution in [-0.2, 0) is 10.1 Å². The Labute approximate surface area is 211 Å². The largest absolute Gasteiger partial charge is 0.743 e. The Morgan fingerprint density at radius 1 is 0.625 bits per heavy atom. The highest BCUT2D eigenvalue weighted by molar-refractivity contribution is 7.86. The first-order chi connectivity index (χ1) is 17.4. The molecule has 4 nitrogen and oxygen atoms in total. The van der Waals surface area contributed by atoms with Crippen molar-refractivity contribution in [2.75, 3.05) is 0 Å². The predicted octanol–water partition coefficient (Wildman–Crippen LogP) is 6.51. The molecule has 0 aromatic carbocycles. The number of aromatic nitrogens is 1. The van der Waals surface area contributed by atoms with Crippen molar-refractivity contribution < 1.29 is 97.0 Å². The Morgan fingerprint density at radius 3 is 1.30 bits per heavy atom. The molecule has 0 spiro atoms. The zero-order valence-electron chi connectivity index (χ0n) is 18.5. The third-order valence-electron chi connectivity index (χ3n) is 4.59. The monoisotopic (exact) mass is 653 g/mol. The Bertz CT molecular complexity index is 1030. The molecule has 0 radical (unpaired) electrons. The van der Waals surface area contributed by atoms with Gasteiger partial charge >= 0.3 is 47.0 Å². The van der Waals surface area contributed by atoms with Gasteiger partial charge in [-0.3, -0.25) is 0 Å². The number of H-pyrrole nitrogens is 1. The van der Waals surface area contributed by atoms with E-state index in [-0.39, 0.29) is 0 Å². The second kappa shape index (κ2) is 11.6. The summed E-state index contributed by atoms with van der Waals surface area (Å²) in [5.74, 6) is -50.1. The molecular formula is C17H13F18NO3S. The fourth-order valence-electron chi connectivity index (χ4n) is 2.34. The van der Waals surface area contributed by atoms with Crippen molar-refractivity contribution >= 4 is 10.1 Å². The number of halogens is 18. The van der Waals surface area contributed by atoms with Gasteiger partial charge in [0.25, 0.3) is 0 Å². The van der Waals surface area contributed by atoms with Crippen LogP contribution >= 0.6 is 0 Å². The van der Waals surface area contributed by atoms with Gasteiger partial charge in [-0.1, -0.05) is 6.07 Å². The minimum Gasteiger partial charge on any atom is -0.743 e. The van der Waals surface area contributed by atoms with Crippen molar-refractivity contribution in [1.82, 2.24) is 0 Å². The topological polar surface area (TPSA) is 71.3 Å². The van der Waals surface area contributed by atoms with Crippen LogP contribution in [0.15, 0.2) is 30.6 Å². The first-order valence-corrected chi connectivity index (χ1v) is 11.0. The second-order valence-electron chi connectivity index (χ2n) is 7.52. The van der Waals surface area contributed by atoms with Crippen molar-refractivity contribution in [2.24, 2.45) is 0 Å². The molecule has 1 aromatic rings. The van der Waals surface area contributed by atoms with Gasteiger partial charge in [-0.05, 0) is 12.8 Å². The lowest BCUT2D eigenvalue weighted by Crippen LogP contribution is -2.74. The summed E-state index contributed by atoms with van der Waals surface area (Å²) in [7, 11) is -8.13. The molecule has 23 heteroatoms. The van der Waals surface area contributed by atoms with Gasteiger partial charge in [-0.15, -0.1) is 0 Å². The van der Waals surface area contributed by atoms with E-state index < -0.39 is 82.5 Å². The quantitative estimate of drug-likeness (QED) is 0.202. The van der Waals surface area contributed by atoms with E-state index in [1.54, 1.807) is 0 Å². The van der Waals surface area contributed by atoms with E-state index in [4.69, 9.17) is 0 Å². The van der Waals surface area contributed by atoms with Crippen molar-refractivity contribution in [3.8, 4) is 0 Å². The van der Waals surface area contributed by atoms with E-state index in [9.17, 15) is 92.0 Å². The predicted molar refractivity (Wildman–Crippen MR) is 92.1 cm³/mol. The minimum atomic E-state index is -8.77. The van der Waals surface area contributed by atoms with Crippen LogP contribution in [0.5, 0.6) is 0 Å². The van der Waals surface area contributed by atoms with Crippen molar-refractivity contribution in [3.63, 3.8) is 0 Å². The lowest BCUT2D eigenvalue weighted by Gasteiger charge is -2.43. The normalized spacial score (nSPS) is 15.8. The SMILES string of the molecule is O=S(=O)([O-])C(F)(F)C(F)(F)C(F)(F)C(F)(F)C(F)(F)C(F)(F)C(F)(F)C(F)CCCC(F)(F)F.c1cc[nH+]cc1. The smallest absolute Gasteiger partial charge is 0.402 e. The Morgan fingerprint density at radius 2 is 1.00 bits per heavy atom. The molecule has 0 aliphatic rings. The lowest BCUT2D eigenvalue weighted by molar-refractivity contribution is -0.439. The van der Waals surface area contributed by atoms with Crippen molar-refractivity contribution in [1.29, 1.82) is 0 Å². The molecule has 236 valence electrons. The summed E-state index contributed by atoms with van der Waals surface area (Å²) in [5.41, 5.74) is 0. The number of pyridine rings is 1. The van der Waals surface area contributed by atoms with Crippen molar-refractivity contribution in [3.05, 3.63) is 30.6 Å². The summed E-state index contributed by atoms with van der Waals surface area (Å²) in [6.45, 7) is 0. The zero-order chi connectivity index (χ0) is 32.4. The Balaban J connectivity index is 0.00000221. The van der Waals surface area contributed by atoms with Crippen LogP contribution in [-0.4, -0.2) is 66.1 Å². The second-order valence-corrected chi connectivity index (χ2v) is 8.94. The highest BCUT2D eigenvalue weighted by Crippen LogP contribution is 2.63. The first kappa shape index (κ1) is 37.8. The van der Waals surface area contributed by atoms with E-state index in [0.29, 0.717) is 0 Å². The van der Waals surface area contributed by atoms with Crippen LogP contribution in [0.4, 0.5) is 79.0 Å². The number of hydrogen-bond donors (Lipinski definition) is 0. The maximum atomic E-state index is 13.4. The third kappa shape index (κ3) is 6.81. The molecule has 0 aliphatic carbocycles. The molecular weight excluding hydrogens is 640 g/mol. The van der Waals surface area contributed by atoms with E-state index in [1.165, 1.54) is 0 Å². The number of hydrogen-bond acceptors (Lipinski definition) is 3. The number of nitrogens with one attached hydrogen (secondary N) is 1. The summed E-state index contributed by atoms with van der Waals surface area (Å²) in [6, 6.07) is 5.86. The lowest BCUT2D eigenvalue weighted by atomic mass is 9.89. The highest BCUT2D eigenvalue weighted by Gasteiger charge is 2.94. The van der Waals surface area contributed by atoms with Crippen LogP contribution in [0.3, 0.4) is 0 Å². The number of rotatable bonds is 11. The van der Waals surface area contributed by atoms with Gasteiger partial charge in [-0.25, -0.2) is 17.8 Å². The van der Waals surface area contributed by atoms with Gasteiger partial charge in [0.1, 0.15) is 0 Å². The van der Waals surface area contributed by atoms with Gasteiger partial charge in [-0.2, -0.15) is 74.6 Å². The minimum absolute atomic E-state index is 1.88. The molecule has 1 aromatic heterocycles. The highest BCUT2D eigenvalue weighted by atomic mass is 32.2. The van der Waals surface area contributed by atoms with Crippen LogP contribution < -0.4 is 4.98 Å². The van der Waals surface area contributed by atoms with Crippen LogP contribution in [0.2, 0.25) is 0 Å². The number of alkyl halides is 18. The maximum Gasteiger partial charge on any atom is 0.402 e. The summed E-state index contributed by atoms with van der Waals surface area (Å²) >= 11 is 0. The molecule has 1 heterocycles. The first-order valence-electron chi connectivity index (χ1n) is 9.60. The van der Waals surface area contributed by atoms with Crippen LogP contribution in [0.25, 0.3) is 0 Å². The Hall–Kier alpha value is -2.20. The zero-order valence-corrected chi connectivity index (χ0v) is 19.3. The maximum absolute atomic E-state index is 13.4. The summed E-state index contributed by atoms with van der Waals surface area (Å²) in [6.07, 6.45) is -13.0. The molecule has 0 fully saturated rings. The molecule has 0 saturated carbocycles. The number of aromatic amines is 1.